The molecule has 14 heteroatoms. The number of nitrogens with one attached hydrogen (secondary N) is 5. The molecule has 1 aliphatic rings. The van der Waals surface area contributed by atoms with Crippen LogP contribution in [0.5, 0.6) is 0 Å². The summed E-state index contributed by atoms with van der Waals surface area (Å²) >= 11 is 0. The Morgan fingerprint density at radius 3 is 2.19 bits per heavy atom. The lowest BCUT2D eigenvalue weighted by Gasteiger charge is -2.29. The van der Waals surface area contributed by atoms with E-state index in [1.807, 2.05) is 63.2 Å². The molecule has 1 heterocycles. The van der Waals surface area contributed by atoms with Gasteiger partial charge in [-0.3, -0.25) is 14.4 Å². The van der Waals surface area contributed by atoms with Crippen molar-refractivity contribution in [2.75, 3.05) is 38.0 Å². The van der Waals surface area contributed by atoms with Crippen molar-refractivity contribution in [3.8, 4) is 22.5 Å². The van der Waals surface area contributed by atoms with E-state index in [1.165, 1.54) is 0 Å². The van der Waals surface area contributed by atoms with Gasteiger partial charge in [0.05, 0.1) is 0 Å². The minimum atomic E-state index is -0.851. The van der Waals surface area contributed by atoms with Gasteiger partial charge in [-0.15, -0.1) is 10.2 Å². The number of alkyl carbamates (subject to hydrolysis) is 1. The number of H-pyrrole nitrogens is 1. The molecule has 310 valence electrons. The van der Waals surface area contributed by atoms with E-state index in [1.54, 1.807) is 24.3 Å². The Morgan fingerprint density at radius 1 is 0.879 bits per heavy atom. The van der Waals surface area contributed by atoms with Crippen molar-refractivity contribution in [2.45, 2.75) is 91.7 Å². The van der Waals surface area contributed by atoms with Gasteiger partial charge in [-0.2, -0.15) is 5.21 Å². The zero-order valence-electron chi connectivity index (χ0n) is 34.7. The Bertz CT molecular complexity index is 1950. The lowest BCUT2D eigenvalue weighted by Crippen LogP contribution is -2.48. The van der Waals surface area contributed by atoms with E-state index in [-0.39, 0.29) is 36.0 Å². The first-order chi connectivity index (χ1) is 27.8. The van der Waals surface area contributed by atoms with Gasteiger partial charge >= 0.3 is 6.09 Å². The molecule has 1 aromatic heterocycles. The summed E-state index contributed by atoms with van der Waals surface area (Å²) in [5.41, 5.74) is 5.27. The van der Waals surface area contributed by atoms with Gasteiger partial charge in [0, 0.05) is 48.8 Å². The molecule has 4 aromatic rings. The molecule has 0 bridgehead atoms. The molecule has 3 aromatic carbocycles. The number of hydrogen-bond acceptors (Lipinski definition) is 9. The first-order valence-electron chi connectivity index (χ1n) is 20.5. The summed E-state index contributed by atoms with van der Waals surface area (Å²) in [5.74, 6) is -0.179. The Balaban J connectivity index is 1.27. The third-order valence-corrected chi connectivity index (χ3v) is 10.6. The molecule has 58 heavy (non-hydrogen) atoms. The molecule has 0 spiro atoms. The third-order valence-electron chi connectivity index (χ3n) is 10.6. The fourth-order valence-corrected chi connectivity index (χ4v) is 7.21. The molecule has 5 rings (SSSR count). The molecule has 1 aliphatic carbocycles. The number of carbonyl (C=O) groups excluding carboxylic acids is 4. The zero-order valence-corrected chi connectivity index (χ0v) is 34.7. The number of carbonyl (C=O) groups is 4. The molecular formula is C44H59N9O5. The molecule has 1 saturated carbocycles. The van der Waals surface area contributed by atoms with Crippen molar-refractivity contribution >= 4 is 29.5 Å². The van der Waals surface area contributed by atoms with Gasteiger partial charge in [-0.1, -0.05) is 51.1 Å². The molecule has 0 radical (unpaired) electrons. The van der Waals surface area contributed by atoms with E-state index in [0.717, 1.165) is 66.7 Å². The average molecular weight is 794 g/mol. The molecule has 1 fully saturated rings. The first-order valence-corrected chi connectivity index (χ1v) is 20.5. The number of aromatic amines is 1. The maximum atomic E-state index is 13.9. The predicted octanol–water partition coefficient (Wildman–Crippen LogP) is 6.16. The highest BCUT2D eigenvalue weighted by Crippen LogP contribution is 2.30. The summed E-state index contributed by atoms with van der Waals surface area (Å²) in [5, 5.41) is 26.0. The quantitative estimate of drug-likeness (QED) is 0.0836. The molecule has 14 nitrogen and oxygen atoms in total. The fourth-order valence-electron chi connectivity index (χ4n) is 7.21. The highest BCUT2D eigenvalue weighted by molar-refractivity contribution is 5.98. The number of benzene rings is 3. The molecular weight excluding hydrogens is 735 g/mol. The largest absolute Gasteiger partial charge is 0.444 e. The summed E-state index contributed by atoms with van der Waals surface area (Å²) in [4.78, 5) is 55.2. The van der Waals surface area contributed by atoms with E-state index in [9.17, 15) is 19.2 Å². The van der Waals surface area contributed by atoms with Crippen LogP contribution in [-0.4, -0.2) is 93.7 Å². The lowest BCUT2D eigenvalue weighted by molar-refractivity contribution is -0.130. The maximum absolute atomic E-state index is 13.9. The van der Waals surface area contributed by atoms with Crippen LogP contribution in [0.1, 0.15) is 88.7 Å². The third kappa shape index (κ3) is 12.7. The molecule has 0 saturated heterocycles. The van der Waals surface area contributed by atoms with Gasteiger partial charge in [0.2, 0.25) is 17.6 Å². The Morgan fingerprint density at radius 2 is 1.57 bits per heavy atom. The van der Waals surface area contributed by atoms with Crippen molar-refractivity contribution in [1.82, 2.24) is 41.5 Å². The van der Waals surface area contributed by atoms with Crippen LogP contribution in [0.15, 0.2) is 66.7 Å². The number of likely N-dealkylation sites (N-methyl/N-ethyl adjacent to an activating group) is 1. The van der Waals surface area contributed by atoms with Crippen LogP contribution in [0.25, 0.3) is 22.5 Å². The summed E-state index contributed by atoms with van der Waals surface area (Å²) in [6, 6.07) is 20.0. The highest BCUT2D eigenvalue weighted by Gasteiger charge is 2.30. The number of hydrogen-bond donors (Lipinski definition) is 5. The Kier molecular flexibility index (Phi) is 15.5. The lowest BCUT2D eigenvalue weighted by atomic mass is 9.81. The van der Waals surface area contributed by atoms with Gasteiger partial charge in [0.25, 0.3) is 5.91 Å². The SMILES string of the molecule is CCc1ccc(C(=O)NCCN(CC)CC)cc1-c1ccc(C[C@H](NC(=O)[C@H]2CC[C@H](CNC(=O)OC(C)(C)C)CC2)C(=O)Nc2ccc(-c3nn[nH]n3)cc2)cc1. The normalized spacial score (nSPS) is 16.0. The maximum Gasteiger partial charge on any atom is 0.407 e. The van der Waals surface area contributed by atoms with Crippen molar-refractivity contribution in [3.05, 3.63) is 83.4 Å². The number of nitrogens with zero attached hydrogens (tertiary/aromatic N) is 4. The molecule has 5 N–H and O–H groups in total. The predicted molar refractivity (Wildman–Crippen MR) is 225 cm³/mol. The van der Waals surface area contributed by atoms with Crippen molar-refractivity contribution in [3.63, 3.8) is 0 Å². The summed E-state index contributed by atoms with van der Waals surface area (Å²) in [7, 11) is 0. The van der Waals surface area contributed by atoms with Crippen molar-refractivity contribution in [2.24, 2.45) is 11.8 Å². The number of tetrazole rings is 1. The van der Waals surface area contributed by atoms with Crippen molar-refractivity contribution in [1.29, 1.82) is 0 Å². The van der Waals surface area contributed by atoms with Crippen LogP contribution < -0.4 is 21.3 Å². The van der Waals surface area contributed by atoms with E-state index < -0.39 is 17.7 Å². The molecule has 1 atom stereocenters. The number of aromatic nitrogens is 4. The van der Waals surface area contributed by atoms with Crippen LogP contribution in [0.3, 0.4) is 0 Å². The van der Waals surface area contributed by atoms with E-state index in [4.69, 9.17) is 4.74 Å². The van der Waals surface area contributed by atoms with E-state index >= 15 is 0 Å². The number of ether oxygens (including phenoxy) is 1. The number of anilines is 1. The average Bonchev–Trinajstić information content (AvgIpc) is 3.77. The fraction of sp³-hybridized carbons (Fsp3) is 0.477. The van der Waals surface area contributed by atoms with Gasteiger partial charge in [-0.05, 0) is 136 Å². The van der Waals surface area contributed by atoms with Crippen LogP contribution in [0.4, 0.5) is 10.5 Å². The monoisotopic (exact) mass is 793 g/mol. The second-order valence-corrected chi connectivity index (χ2v) is 15.9. The zero-order chi connectivity index (χ0) is 41.7. The van der Waals surface area contributed by atoms with Gasteiger partial charge in [0.1, 0.15) is 11.6 Å². The number of aryl methyl sites for hydroxylation is 1. The van der Waals surface area contributed by atoms with Crippen LogP contribution in [0, 0.1) is 11.8 Å². The summed E-state index contributed by atoms with van der Waals surface area (Å²) in [6.45, 7) is 15.5. The smallest absolute Gasteiger partial charge is 0.407 e. The van der Waals surface area contributed by atoms with Gasteiger partial charge in [0.15, 0.2) is 0 Å². The number of amides is 4. The molecule has 4 amide bonds. The van der Waals surface area contributed by atoms with Crippen LogP contribution >= 0.6 is 0 Å². The Hall–Kier alpha value is -5.63. The van der Waals surface area contributed by atoms with Crippen molar-refractivity contribution < 1.29 is 23.9 Å². The summed E-state index contributed by atoms with van der Waals surface area (Å²) in [6.07, 6.45) is 3.48. The Labute approximate surface area is 341 Å². The van der Waals surface area contributed by atoms with E-state index in [2.05, 4.69) is 67.6 Å². The van der Waals surface area contributed by atoms with Crippen LogP contribution in [-0.2, 0) is 27.2 Å². The van der Waals surface area contributed by atoms with Gasteiger partial charge < -0.3 is 30.9 Å². The van der Waals surface area contributed by atoms with Crippen LogP contribution in [0.2, 0.25) is 0 Å². The molecule has 0 aliphatic heterocycles. The first kappa shape index (κ1) is 43.5. The standard InChI is InChI=1S/C44H59N9O5/c1-7-31-18-19-35(40(54)45-24-25-53(8-2)9-3)27-37(31)32-14-10-29(11-15-32)26-38(42(56)47-36-22-20-33(21-23-36)39-49-51-52-50-39)48-41(55)34-16-12-30(13-17-34)28-46-43(57)58-44(4,5)6/h10-11,14-15,18-23,27,30,34,38H,7-9,12-13,16-17,24-26,28H2,1-6H3,(H,45,54)(H,46,57)(H,47,56)(H,48,55)(H,49,50,51,52)/t30-,34-,38-/m0/s1. The number of rotatable bonds is 17. The molecule has 0 unspecified atom stereocenters. The van der Waals surface area contributed by atoms with E-state index in [0.29, 0.717) is 43.0 Å². The topological polar surface area (TPSA) is 183 Å². The minimum Gasteiger partial charge on any atom is -0.444 e. The van der Waals surface area contributed by atoms with Gasteiger partial charge in [-0.25, -0.2) is 4.79 Å². The second-order valence-electron chi connectivity index (χ2n) is 15.9. The summed E-state index contributed by atoms with van der Waals surface area (Å²) < 4.78 is 5.37. The highest BCUT2D eigenvalue weighted by atomic mass is 16.6. The second kappa shape index (κ2) is 20.7. The minimum absolute atomic E-state index is 0.104.